The Labute approximate surface area is 95.9 Å². The number of nitrogen functional groups attached to an aromatic ring is 1. The summed E-state index contributed by atoms with van der Waals surface area (Å²) < 4.78 is 11.0. The number of ether oxygens (including phenoxy) is 2. The van der Waals surface area contributed by atoms with Gasteiger partial charge in [-0.3, -0.25) is 0 Å². The first-order valence-electron chi connectivity index (χ1n) is 5.42. The molecule has 0 spiro atoms. The van der Waals surface area contributed by atoms with Crippen LogP contribution in [0.15, 0.2) is 24.3 Å². The van der Waals surface area contributed by atoms with Crippen LogP contribution in [0.1, 0.15) is 6.92 Å². The minimum Gasteiger partial charge on any atom is -0.399 e. The highest BCUT2D eigenvalue weighted by Crippen LogP contribution is 2.28. The van der Waals surface area contributed by atoms with Crippen molar-refractivity contribution in [3.05, 3.63) is 24.3 Å². The van der Waals surface area contributed by atoms with E-state index >= 15 is 0 Å². The van der Waals surface area contributed by atoms with Gasteiger partial charge in [-0.05, 0) is 31.2 Å². The molecule has 0 radical (unpaired) electrons. The minimum atomic E-state index is -0.394. The van der Waals surface area contributed by atoms with Crippen molar-refractivity contribution < 1.29 is 9.47 Å². The van der Waals surface area contributed by atoms with Crippen molar-refractivity contribution in [2.45, 2.75) is 12.6 Å². The van der Waals surface area contributed by atoms with Crippen LogP contribution in [-0.4, -0.2) is 32.6 Å². The van der Waals surface area contributed by atoms with Crippen molar-refractivity contribution in [3.8, 4) is 0 Å². The van der Waals surface area contributed by atoms with Crippen LogP contribution in [0.4, 0.5) is 11.4 Å². The molecule has 1 aromatic rings. The predicted octanol–water partition coefficient (Wildman–Crippen LogP) is 1.47. The molecule has 0 saturated carbocycles. The average molecular weight is 222 g/mol. The van der Waals surface area contributed by atoms with E-state index in [0.717, 1.165) is 24.5 Å². The maximum atomic E-state index is 5.68. The zero-order valence-corrected chi connectivity index (χ0v) is 9.77. The van der Waals surface area contributed by atoms with Crippen molar-refractivity contribution in [2.24, 2.45) is 0 Å². The van der Waals surface area contributed by atoms with Crippen molar-refractivity contribution in [3.63, 3.8) is 0 Å². The van der Waals surface area contributed by atoms with Crippen molar-refractivity contribution >= 4 is 11.4 Å². The van der Waals surface area contributed by atoms with Crippen LogP contribution in [0, 0.1) is 0 Å². The molecule has 1 atom stereocenters. The van der Waals surface area contributed by atoms with Gasteiger partial charge in [0.05, 0.1) is 13.2 Å². The quantitative estimate of drug-likeness (QED) is 0.770. The molecule has 1 heterocycles. The Hall–Kier alpha value is -1.26. The largest absolute Gasteiger partial charge is 0.399 e. The van der Waals surface area contributed by atoms with Crippen molar-refractivity contribution in [1.29, 1.82) is 0 Å². The molecular weight excluding hydrogens is 204 g/mol. The lowest BCUT2D eigenvalue weighted by molar-refractivity contribution is -0.0877. The van der Waals surface area contributed by atoms with E-state index in [4.69, 9.17) is 15.2 Å². The van der Waals surface area contributed by atoms with E-state index in [1.165, 1.54) is 0 Å². The van der Waals surface area contributed by atoms with Gasteiger partial charge in [0.25, 0.3) is 0 Å². The first-order chi connectivity index (χ1) is 7.65. The summed E-state index contributed by atoms with van der Waals surface area (Å²) in [5.41, 5.74) is 7.17. The molecule has 2 rings (SSSR count). The lowest BCUT2D eigenvalue weighted by Crippen LogP contribution is -2.56. The van der Waals surface area contributed by atoms with E-state index < -0.39 is 5.72 Å². The third-order valence-corrected chi connectivity index (χ3v) is 3.04. The second-order valence-electron chi connectivity index (χ2n) is 4.17. The molecular formula is C12H18N2O2. The number of nitrogens with two attached hydrogens (primary N) is 1. The van der Waals surface area contributed by atoms with Gasteiger partial charge in [-0.2, -0.15) is 0 Å². The maximum Gasteiger partial charge on any atom is 0.161 e. The summed E-state index contributed by atoms with van der Waals surface area (Å²) >= 11 is 0. The second-order valence-corrected chi connectivity index (χ2v) is 4.17. The van der Waals surface area contributed by atoms with Crippen LogP contribution in [0.2, 0.25) is 0 Å². The average Bonchev–Trinajstić information content (AvgIpc) is 2.31. The van der Waals surface area contributed by atoms with Crippen molar-refractivity contribution in [1.82, 2.24) is 0 Å². The molecule has 88 valence electrons. The molecule has 0 amide bonds. The van der Waals surface area contributed by atoms with Crippen LogP contribution in [0.25, 0.3) is 0 Å². The van der Waals surface area contributed by atoms with E-state index in [-0.39, 0.29) is 0 Å². The molecule has 0 bridgehead atoms. The summed E-state index contributed by atoms with van der Waals surface area (Å²) in [5, 5.41) is 0. The van der Waals surface area contributed by atoms with E-state index in [0.29, 0.717) is 6.61 Å². The van der Waals surface area contributed by atoms with Crippen molar-refractivity contribution in [2.75, 3.05) is 37.5 Å². The smallest absolute Gasteiger partial charge is 0.161 e. The number of nitrogens with zero attached hydrogens (tertiary/aromatic N) is 1. The standard InChI is InChI=1S/C12H18N2O2/c1-12(15-2)9-16-8-7-14(12)11-5-3-10(13)4-6-11/h3-6H,7-9,13H2,1-2H3. The van der Waals surface area contributed by atoms with Gasteiger partial charge in [-0.1, -0.05) is 0 Å². The number of methoxy groups -OCH3 is 1. The molecule has 4 nitrogen and oxygen atoms in total. The van der Waals surface area contributed by atoms with E-state index in [1.807, 2.05) is 31.2 Å². The second kappa shape index (κ2) is 4.31. The summed E-state index contributed by atoms with van der Waals surface area (Å²) in [6.45, 7) is 4.16. The molecule has 1 aromatic carbocycles. The highest BCUT2D eigenvalue weighted by atomic mass is 16.6. The summed E-state index contributed by atoms with van der Waals surface area (Å²) in [6.07, 6.45) is 0. The molecule has 2 N–H and O–H groups in total. The number of hydrogen-bond acceptors (Lipinski definition) is 4. The number of anilines is 2. The third-order valence-electron chi connectivity index (χ3n) is 3.04. The number of hydrogen-bond donors (Lipinski definition) is 1. The first kappa shape index (κ1) is 11.2. The zero-order chi connectivity index (χ0) is 11.6. The van der Waals surface area contributed by atoms with Crippen LogP contribution in [-0.2, 0) is 9.47 Å². The summed E-state index contributed by atoms with van der Waals surface area (Å²) in [4.78, 5) is 2.20. The van der Waals surface area contributed by atoms with Gasteiger partial charge in [-0.15, -0.1) is 0 Å². The Balaban J connectivity index is 2.26. The maximum absolute atomic E-state index is 5.68. The minimum absolute atomic E-state index is 0.394. The van der Waals surface area contributed by atoms with Crippen LogP contribution in [0.5, 0.6) is 0 Å². The fraction of sp³-hybridized carbons (Fsp3) is 0.500. The summed E-state index contributed by atoms with van der Waals surface area (Å²) in [5.74, 6) is 0. The number of benzene rings is 1. The Morgan fingerprint density at radius 1 is 1.38 bits per heavy atom. The SMILES string of the molecule is COC1(C)COCCN1c1ccc(N)cc1. The molecule has 0 aliphatic carbocycles. The lowest BCUT2D eigenvalue weighted by atomic mass is 10.1. The molecule has 16 heavy (non-hydrogen) atoms. The Bertz CT molecular complexity index is 353. The van der Waals surface area contributed by atoms with Gasteiger partial charge in [0.1, 0.15) is 0 Å². The molecule has 0 aromatic heterocycles. The first-order valence-corrected chi connectivity index (χ1v) is 5.42. The highest BCUT2D eigenvalue weighted by molar-refractivity contribution is 5.54. The monoisotopic (exact) mass is 222 g/mol. The number of morpholine rings is 1. The normalized spacial score (nSPS) is 25.8. The van der Waals surface area contributed by atoms with Gasteiger partial charge in [0.15, 0.2) is 5.72 Å². The van der Waals surface area contributed by atoms with E-state index in [2.05, 4.69) is 4.90 Å². The van der Waals surface area contributed by atoms with E-state index in [9.17, 15) is 0 Å². The lowest BCUT2D eigenvalue weighted by Gasteiger charge is -2.44. The Morgan fingerprint density at radius 3 is 2.69 bits per heavy atom. The van der Waals surface area contributed by atoms with Crippen LogP contribution in [0.3, 0.4) is 0 Å². The highest BCUT2D eigenvalue weighted by Gasteiger charge is 2.35. The molecule has 1 saturated heterocycles. The van der Waals surface area contributed by atoms with Gasteiger partial charge in [0, 0.05) is 25.0 Å². The third kappa shape index (κ3) is 1.99. The zero-order valence-electron chi connectivity index (χ0n) is 9.77. The number of rotatable bonds is 2. The fourth-order valence-electron chi connectivity index (χ4n) is 1.96. The molecule has 1 unspecified atom stereocenters. The van der Waals surface area contributed by atoms with E-state index in [1.54, 1.807) is 7.11 Å². The molecule has 1 fully saturated rings. The van der Waals surface area contributed by atoms with Crippen LogP contribution >= 0.6 is 0 Å². The van der Waals surface area contributed by atoms with Gasteiger partial charge >= 0.3 is 0 Å². The predicted molar refractivity (Wildman–Crippen MR) is 64.4 cm³/mol. The van der Waals surface area contributed by atoms with Crippen LogP contribution < -0.4 is 10.6 Å². The molecule has 4 heteroatoms. The van der Waals surface area contributed by atoms with Gasteiger partial charge < -0.3 is 20.1 Å². The van der Waals surface area contributed by atoms with Gasteiger partial charge in [0.2, 0.25) is 0 Å². The Morgan fingerprint density at radius 2 is 2.06 bits per heavy atom. The fourth-order valence-corrected chi connectivity index (χ4v) is 1.96. The topological polar surface area (TPSA) is 47.7 Å². The van der Waals surface area contributed by atoms with Gasteiger partial charge in [-0.25, -0.2) is 0 Å². The summed E-state index contributed by atoms with van der Waals surface area (Å²) in [7, 11) is 1.71. The molecule has 1 aliphatic heterocycles. The molecule has 1 aliphatic rings. The summed E-state index contributed by atoms with van der Waals surface area (Å²) in [6, 6.07) is 7.83. The Kier molecular flexibility index (Phi) is 3.03.